The molecule has 0 unspecified atom stereocenters. The summed E-state index contributed by atoms with van der Waals surface area (Å²) in [6, 6.07) is 0. The minimum atomic E-state index is 0.327. The predicted octanol–water partition coefficient (Wildman–Crippen LogP) is 5.84. The van der Waals surface area contributed by atoms with E-state index in [4.69, 9.17) is 4.74 Å². The molecule has 0 aromatic heterocycles. The lowest BCUT2D eigenvalue weighted by Gasteiger charge is -2.28. The molecule has 0 rings (SSSR count). The van der Waals surface area contributed by atoms with Gasteiger partial charge in [0, 0.05) is 25.2 Å². The molecule has 0 fully saturated rings. The Morgan fingerprint density at radius 3 is 2.18 bits per heavy atom. The van der Waals surface area contributed by atoms with E-state index in [1.54, 1.807) is 0 Å². The molecule has 0 aliphatic heterocycles. The van der Waals surface area contributed by atoms with Crippen LogP contribution in [0.4, 0.5) is 0 Å². The molecule has 0 saturated heterocycles. The van der Waals surface area contributed by atoms with E-state index in [0.717, 1.165) is 44.5 Å². The lowest BCUT2D eigenvalue weighted by molar-refractivity contribution is 0.0951. The molecule has 0 aliphatic rings. The Hall–Kier alpha value is -1.44. The van der Waals surface area contributed by atoms with Crippen LogP contribution in [0.15, 0.2) is 48.4 Å². The van der Waals surface area contributed by atoms with Crippen molar-refractivity contribution >= 4 is 0 Å². The summed E-state index contributed by atoms with van der Waals surface area (Å²) in [4.78, 5) is 2.39. The lowest BCUT2D eigenvalue weighted by atomic mass is 10.1. The van der Waals surface area contributed by atoms with Gasteiger partial charge in [0.2, 0.25) is 0 Å². The van der Waals surface area contributed by atoms with Gasteiger partial charge >= 0.3 is 0 Å². The molecule has 0 radical (unpaired) electrons. The predicted molar refractivity (Wildman–Crippen MR) is 98.8 cm³/mol. The molecule has 0 aliphatic carbocycles. The highest BCUT2D eigenvalue weighted by Gasteiger charge is 2.13. The molecule has 0 N–H and O–H groups in total. The van der Waals surface area contributed by atoms with E-state index in [1.807, 2.05) is 18.2 Å². The Morgan fingerprint density at radius 2 is 1.77 bits per heavy atom. The Balaban J connectivity index is 5.00. The third kappa shape index (κ3) is 7.02. The quantitative estimate of drug-likeness (QED) is 0.331. The van der Waals surface area contributed by atoms with Crippen LogP contribution in [-0.4, -0.2) is 24.1 Å². The summed E-state index contributed by atoms with van der Waals surface area (Å²) in [5.41, 5.74) is 2.49. The topological polar surface area (TPSA) is 12.5 Å². The van der Waals surface area contributed by atoms with E-state index < -0.39 is 0 Å². The van der Waals surface area contributed by atoms with E-state index in [-0.39, 0.29) is 0 Å². The van der Waals surface area contributed by atoms with Crippen LogP contribution in [0.2, 0.25) is 0 Å². The van der Waals surface area contributed by atoms with Crippen molar-refractivity contribution in [3.63, 3.8) is 0 Å². The zero-order chi connectivity index (χ0) is 17.0. The Bertz CT molecular complexity index is 389. The van der Waals surface area contributed by atoms with Gasteiger partial charge in [-0.1, -0.05) is 52.2 Å². The average Bonchev–Trinajstić information content (AvgIpc) is 2.55. The van der Waals surface area contributed by atoms with Crippen molar-refractivity contribution in [1.82, 2.24) is 4.90 Å². The van der Waals surface area contributed by atoms with Gasteiger partial charge in [0.05, 0.1) is 6.10 Å². The highest BCUT2D eigenvalue weighted by molar-refractivity contribution is 5.21. The summed E-state index contributed by atoms with van der Waals surface area (Å²) in [6.07, 6.45) is 10.1. The van der Waals surface area contributed by atoms with Crippen LogP contribution in [0.1, 0.15) is 60.3 Å². The van der Waals surface area contributed by atoms with Crippen molar-refractivity contribution in [2.45, 2.75) is 66.4 Å². The highest BCUT2D eigenvalue weighted by Crippen LogP contribution is 2.20. The van der Waals surface area contributed by atoms with Crippen LogP contribution in [0.25, 0.3) is 0 Å². The largest absolute Gasteiger partial charge is 0.493 e. The molecule has 0 bridgehead atoms. The summed E-state index contributed by atoms with van der Waals surface area (Å²) in [6.45, 7) is 20.5. The maximum atomic E-state index is 6.21. The van der Waals surface area contributed by atoms with Gasteiger partial charge in [0.25, 0.3) is 0 Å². The fraction of sp³-hybridized carbons (Fsp3) is 0.600. The maximum absolute atomic E-state index is 6.21. The third-order valence-electron chi connectivity index (χ3n) is 4.06. The molecular formula is C20H35NO. The molecule has 0 spiro atoms. The lowest BCUT2D eigenvalue weighted by Crippen LogP contribution is -2.25. The minimum absolute atomic E-state index is 0.327. The number of nitrogens with zero attached hydrogens (tertiary/aromatic N) is 1. The monoisotopic (exact) mass is 305 g/mol. The van der Waals surface area contributed by atoms with Gasteiger partial charge in [-0.2, -0.15) is 0 Å². The molecule has 0 saturated carbocycles. The Morgan fingerprint density at radius 1 is 1.14 bits per heavy atom. The van der Waals surface area contributed by atoms with E-state index in [9.17, 15) is 0 Å². The molecule has 22 heavy (non-hydrogen) atoms. The standard InChI is InChI=1S/C20H35NO/c1-8-14-18(9-2)15-16-21(13-6)17(7)20(12-5)22-19(10-3)11-4/h8-9,14,19H,1-2,10-13,15-16H2,3-7H3/b18-14+,20-17-. The van der Waals surface area contributed by atoms with Crippen LogP contribution in [0.5, 0.6) is 0 Å². The highest BCUT2D eigenvalue weighted by atomic mass is 16.5. The smallest absolute Gasteiger partial charge is 0.115 e. The van der Waals surface area contributed by atoms with Crippen molar-refractivity contribution in [2.75, 3.05) is 13.1 Å². The maximum Gasteiger partial charge on any atom is 0.115 e. The van der Waals surface area contributed by atoms with E-state index >= 15 is 0 Å². The molecular weight excluding hydrogens is 270 g/mol. The van der Waals surface area contributed by atoms with Crippen molar-refractivity contribution in [3.05, 3.63) is 48.4 Å². The van der Waals surface area contributed by atoms with Gasteiger partial charge in [-0.15, -0.1) is 0 Å². The van der Waals surface area contributed by atoms with Crippen molar-refractivity contribution in [1.29, 1.82) is 0 Å². The second-order valence-corrected chi connectivity index (χ2v) is 5.43. The van der Waals surface area contributed by atoms with Crippen LogP contribution >= 0.6 is 0 Å². The van der Waals surface area contributed by atoms with Crippen LogP contribution in [0.3, 0.4) is 0 Å². The molecule has 0 heterocycles. The summed E-state index contributed by atoms with van der Waals surface area (Å²) in [5, 5.41) is 0. The fourth-order valence-electron chi connectivity index (χ4n) is 2.49. The number of allylic oxidation sites excluding steroid dienone is 5. The number of hydrogen-bond donors (Lipinski definition) is 0. The third-order valence-corrected chi connectivity index (χ3v) is 4.06. The summed E-state index contributed by atoms with van der Waals surface area (Å²) in [7, 11) is 0. The average molecular weight is 306 g/mol. The Labute approximate surface area is 138 Å². The van der Waals surface area contributed by atoms with E-state index in [0.29, 0.717) is 6.10 Å². The number of hydrogen-bond acceptors (Lipinski definition) is 2. The molecule has 0 aromatic rings. The van der Waals surface area contributed by atoms with Gasteiger partial charge in [0.15, 0.2) is 0 Å². The second-order valence-electron chi connectivity index (χ2n) is 5.43. The first-order valence-electron chi connectivity index (χ1n) is 8.63. The molecule has 0 aromatic carbocycles. The normalized spacial score (nSPS) is 12.9. The van der Waals surface area contributed by atoms with Crippen LogP contribution < -0.4 is 0 Å². The molecule has 126 valence electrons. The molecule has 2 nitrogen and oxygen atoms in total. The molecule has 0 atom stereocenters. The van der Waals surface area contributed by atoms with Crippen molar-refractivity contribution in [3.8, 4) is 0 Å². The van der Waals surface area contributed by atoms with Crippen molar-refractivity contribution < 1.29 is 4.74 Å². The van der Waals surface area contributed by atoms with Gasteiger partial charge in [-0.05, 0) is 38.7 Å². The number of ether oxygens (including phenoxy) is 1. The second kappa shape index (κ2) is 12.1. The van der Waals surface area contributed by atoms with Gasteiger partial charge in [-0.3, -0.25) is 0 Å². The first kappa shape index (κ1) is 20.6. The van der Waals surface area contributed by atoms with Gasteiger partial charge < -0.3 is 9.64 Å². The van der Waals surface area contributed by atoms with E-state index in [2.05, 4.69) is 52.7 Å². The summed E-state index contributed by atoms with van der Waals surface area (Å²) >= 11 is 0. The van der Waals surface area contributed by atoms with Gasteiger partial charge in [0.1, 0.15) is 5.76 Å². The molecule has 0 amide bonds. The van der Waals surface area contributed by atoms with Crippen LogP contribution in [-0.2, 0) is 4.74 Å². The van der Waals surface area contributed by atoms with Crippen molar-refractivity contribution in [2.24, 2.45) is 0 Å². The fourth-order valence-corrected chi connectivity index (χ4v) is 2.49. The molecule has 2 heteroatoms. The summed E-state index contributed by atoms with van der Waals surface area (Å²) in [5.74, 6) is 1.13. The zero-order valence-electron chi connectivity index (χ0n) is 15.3. The van der Waals surface area contributed by atoms with Crippen LogP contribution in [0, 0.1) is 0 Å². The summed E-state index contributed by atoms with van der Waals surface area (Å²) < 4.78 is 6.21. The van der Waals surface area contributed by atoms with E-state index in [1.165, 1.54) is 11.3 Å². The number of rotatable bonds is 12. The zero-order valence-corrected chi connectivity index (χ0v) is 15.3. The SMILES string of the molecule is C=C/C=C(\C=C)CCN(CC)/C(C)=C(/CC)OC(CC)CC. The first-order valence-corrected chi connectivity index (χ1v) is 8.63. The Kier molecular flexibility index (Phi) is 11.3. The minimum Gasteiger partial charge on any atom is -0.493 e. The first-order chi connectivity index (χ1) is 10.6. The van der Waals surface area contributed by atoms with Gasteiger partial charge in [-0.25, -0.2) is 0 Å².